The molecule has 0 aliphatic heterocycles. The summed E-state index contributed by atoms with van der Waals surface area (Å²) in [7, 11) is 2.59. The molecular formula is C26H22O6. The van der Waals surface area contributed by atoms with E-state index in [-0.39, 0.29) is 13.2 Å². The lowest BCUT2D eigenvalue weighted by atomic mass is 9.92. The van der Waals surface area contributed by atoms with Gasteiger partial charge >= 0.3 is 11.9 Å². The fourth-order valence-electron chi connectivity index (χ4n) is 3.65. The van der Waals surface area contributed by atoms with E-state index in [1.165, 1.54) is 14.2 Å². The van der Waals surface area contributed by atoms with E-state index in [1.54, 1.807) is 6.07 Å². The maximum absolute atomic E-state index is 11.9. The van der Waals surface area contributed by atoms with Crippen molar-refractivity contribution in [2.45, 2.75) is 0 Å². The fraction of sp³-hybridized carbons (Fsp3) is 0.154. The molecule has 0 radical (unpaired) electrons. The lowest BCUT2D eigenvalue weighted by molar-refractivity contribution is -0.144. The molecule has 0 amide bonds. The van der Waals surface area contributed by atoms with E-state index >= 15 is 0 Å². The van der Waals surface area contributed by atoms with Crippen LogP contribution in [0.5, 0.6) is 11.5 Å². The maximum atomic E-state index is 11.9. The Morgan fingerprint density at radius 2 is 1.28 bits per heavy atom. The lowest BCUT2D eigenvalue weighted by Gasteiger charge is -2.19. The molecule has 32 heavy (non-hydrogen) atoms. The highest BCUT2D eigenvalue weighted by Crippen LogP contribution is 2.46. The minimum atomic E-state index is -0.527. The summed E-state index contributed by atoms with van der Waals surface area (Å²) >= 11 is 0. The molecule has 0 aliphatic rings. The Bertz CT molecular complexity index is 1290. The zero-order chi connectivity index (χ0) is 22.5. The van der Waals surface area contributed by atoms with Crippen molar-refractivity contribution in [3.8, 4) is 22.6 Å². The SMILES string of the molecule is COC(=O)COc1cc2ccccc2c(-c2cccc3ccccc23)c1OCC(=O)OC. The summed E-state index contributed by atoms with van der Waals surface area (Å²) in [4.78, 5) is 23.6. The van der Waals surface area contributed by atoms with Crippen LogP contribution in [0.4, 0.5) is 0 Å². The van der Waals surface area contributed by atoms with Crippen molar-refractivity contribution in [3.05, 3.63) is 72.8 Å². The second-order valence-corrected chi connectivity index (χ2v) is 7.06. The molecule has 0 atom stereocenters. The first-order valence-corrected chi connectivity index (χ1v) is 10.1. The topological polar surface area (TPSA) is 71.1 Å². The van der Waals surface area contributed by atoms with Crippen LogP contribution >= 0.6 is 0 Å². The molecule has 4 aromatic rings. The van der Waals surface area contributed by atoms with Gasteiger partial charge in [-0.25, -0.2) is 9.59 Å². The molecule has 0 fully saturated rings. The molecule has 0 saturated heterocycles. The number of benzene rings is 4. The Hall–Kier alpha value is -4.06. The normalized spacial score (nSPS) is 10.7. The van der Waals surface area contributed by atoms with Crippen LogP contribution in [0.15, 0.2) is 72.8 Å². The smallest absolute Gasteiger partial charge is 0.343 e. The molecule has 0 aliphatic carbocycles. The Labute approximate surface area is 185 Å². The molecule has 0 spiro atoms. The number of rotatable bonds is 7. The van der Waals surface area contributed by atoms with Crippen LogP contribution in [0.25, 0.3) is 32.7 Å². The van der Waals surface area contributed by atoms with Crippen LogP contribution in [-0.4, -0.2) is 39.4 Å². The van der Waals surface area contributed by atoms with Gasteiger partial charge in [-0.3, -0.25) is 0 Å². The predicted octanol–water partition coefficient (Wildman–Crippen LogP) is 4.76. The van der Waals surface area contributed by atoms with E-state index in [4.69, 9.17) is 18.9 Å². The van der Waals surface area contributed by atoms with Crippen LogP contribution in [-0.2, 0) is 19.1 Å². The van der Waals surface area contributed by atoms with Crippen molar-refractivity contribution in [2.75, 3.05) is 27.4 Å². The van der Waals surface area contributed by atoms with Gasteiger partial charge in [0, 0.05) is 5.56 Å². The van der Waals surface area contributed by atoms with E-state index < -0.39 is 11.9 Å². The van der Waals surface area contributed by atoms with Gasteiger partial charge in [-0.1, -0.05) is 66.7 Å². The molecule has 6 heteroatoms. The summed E-state index contributed by atoms with van der Waals surface area (Å²) in [6.45, 7) is -0.598. The van der Waals surface area contributed by atoms with E-state index in [0.29, 0.717) is 11.5 Å². The van der Waals surface area contributed by atoms with Gasteiger partial charge in [0.2, 0.25) is 0 Å². The molecule has 0 N–H and O–H groups in total. The molecule has 0 unspecified atom stereocenters. The number of hydrogen-bond acceptors (Lipinski definition) is 6. The zero-order valence-corrected chi connectivity index (χ0v) is 17.8. The van der Waals surface area contributed by atoms with E-state index in [2.05, 4.69) is 0 Å². The van der Waals surface area contributed by atoms with Crippen LogP contribution in [0, 0.1) is 0 Å². The van der Waals surface area contributed by atoms with Gasteiger partial charge in [-0.2, -0.15) is 0 Å². The molecular weight excluding hydrogens is 408 g/mol. The highest BCUT2D eigenvalue weighted by atomic mass is 16.6. The first-order chi connectivity index (χ1) is 15.6. The molecule has 162 valence electrons. The van der Waals surface area contributed by atoms with Gasteiger partial charge in [-0.15, -0.1) is 0 Å². The first kappa shape index (κ1) is 21.2. The molecule has 0 bridgehead atoms. The zero-order valence-electron chi connectivity index (χ0n) is 17.8. The van der Waals surface area contributed by atoms with E-state index in [0.717, 1.165) is 32.7 Å². The third-order valence-electron chi connectivity index (χ3n) is 5.16. The van der Waals surface area contributed by atoms with E-state index in [9.17, 15) is 9.59 Å². The van der Waals surface area contributed by atoms with Crippen molar-refractivity contribution in [1.82, 2.24) is 0 Å². The highest BCUT2D eigenvalue weighted by Gasteiger charge is 2.21. The molecule has 0 saturated carbocycles. The van der Waals surface area contributed by atoms with Crippen molar-refractivity contribution in [3.63, 3.8) is 0 Å². The Balaban J connectivity index is 1.99. The molecule has 0 heterocycles. The maximum Gasteiger partial charge on any atom is 0.343 e. The van der Waals surface area contributed by atoms with Crippen LogP contribution in [0.2, 0.25) is 0 Å². The fourth-order valence-corrected chi connectivity index (χ4v) is 3.65. The van der Waals surface area contributed by atoms with Crippen molar-refractivity contribution in [1.29, 1.82) is 0 Å². The quantitative estimate of drug-likeness (QED) is 0.394. The number of carbonyl (C=O) groups excluding carboxylic acids is 2. The summed E-state index contributed by atoms with van der Waals surface area (Å²) in [5, 5.41) is 3.91. The Morgan fingerprint density at radius 1 is 0.688 bits per heavy atom. The Kier molecular flexibility index (Phi) is 6.22. The minimum absolute atomic E-state index is 0.293. The summed E-state index contributed by atoms with van der Waals surface area (Å²) in [6, 6.07) is 23.6. The molecule has 4 rings (SSSR count). The minimum Gasteiger partial charge on any atom is -0.478 e. The number of methoxy groups -OCH3 is 2. The Morgan fingerprint density at radius 3 is 2.00 bits per heavy atom. The summed E-state index contributed by atoms with van der Waals surface area (Å²) in [5.41, 5.74) is 1.69. The van der Waals surface area contributed by atoms with E-state index in [1.807, 2.05) is 66.7 Å². The number of hydrogen-bond donors (Lipinski definition) is 0. The van der Waals surface area contributed by atoms with Crippen molar-refractivity contribution in [2.24, 2.45) is 0 Å². The average Bonchev–Trinajstić information content (AvgIpc) is 2.84. The molecule has 6 nitrogen and oxygen atoms in total. The second kappa shape index (κ2) is 9.39. The number of ether oxygens (including phenoxy) is 4. The van der Waals surface area contributed by atoms with Gasteiger partial charge in [0.25, 0.3) is 0 Å². The van der Waals surface area contributed by atoms with Crippen LogP contribution in [0.3, 0.4) is 0 Å². The van der Waals surface area contributed by atoms with Crippen LogP contribution < -0.4 is 9.47 Å². The third kappa shape index (κ3) is 4.21. The van der Waals surface area contributed by atoms with Gasteiger partial charge in [-0.05, 0) is 33.2 Å². The van der Waals surface area contributed by atoms with Crippen molar-refractivity contribution < 1.29 is 28.5 Å². The molecule has 0 aromatic heterocycles. The lowest BCUT2D eigenvalue weighted by Crippen LogP contribution is -2.16. The summed E-state index contributed by atoms with van der Waals surface area (Å²) in [5.74, 6) is -0.361. The number of esters is 2. The van der Waals surface area contributed by atoms with Crippen molar-refractivity contribution >= 4 is 33.5 Å². The largest absolute Gasteiger partial charge is 0.478 e. The summed E-state index contributed by atoms with van der Waals surface area (Å²) in [6.07, 6.45) is 0. The standard InChI is InChI=1S/C26H22O6/c1-29-23(27)15-31-22-14-18-9-4-6-12-20(18)25(26(22)32-16-24(28)30-2)21-13-7-10-17-8-3-5-11-19(17)21/h3-14H,15-16H2,1-2H3. The third-order valence-corrected chi connectivity index (χ3v) is 5.16. The van der Waals surface area contributed by atoms with Gasteiger partial charge < -0.3 is 18.9 Å². The molecule has 4 aromatic carbocycles. The summed E-state index contributed by atoms with van der Waals surface area (Å²) < 4.78 is 21.2. The predicted molar refractivity (Wildman–Crippen MR) is 122 cm³/mol. The first-order valence-electron chi connectivity index (χ1n) is 10.1. The van der Waals surface area contributed by atoms with Gasteiger partial charge in [0.15, 0.2) is 24.7 Å². The van der Waals surface area contributed by atoms with Gasteiger partial charge in [0.1, 0.15) is 0 Å². The average molecular weight is 430 g/mol. The number of carbonyl (C=O) groups is 2. The van der Waals surface area contributed by atoms with Gasteiger partial charge in [0.05, 0.1) is 14.2 Å². The van der Waals surface area contributed by atoms with Crippen LogP contribution in [0.1, 0.15) is 0 Å². The number of fused-ring (bicyclic) bond motifs is 2. The highest BCUT2D eigenvalue weighted by molar-refractivity contribution is 6.08. The second-order valence-electron chi connectivity index (χ2n) is 7.06. The monoisotopic (exact) mass is 430 g/mol.